The molecule has 0 bridgehead atoms. The molecule has 0 aromatic heterocycles. The van der Waals surface area contributed by atoms with Crippen LogP contribution in [0.2, 0.25) is 0 Å². The number of aliphatic hydroxyl groups is 1. The monoisotopic (exact) mass is 300 g/mol. The maximum Gasteiger partial charge on any atom is 0.187 e. The number of ketones is 1. The molecule has 22 heavy (non-hydrogen) atoms. The molecular formula is C20H28O2. The smallest absolute Gasteiger partial charge is 0.187 e. The van der Waals surface area contributed by atoms with E-state index in [0.29, 0.717) is 12.0 Å². The molecule has 2 heteroatoms. The van der Waals surface area contributed by atoms with E-state index >= 15 is 0 Å². The Morgan fingerprint density at radius 3 is 2.45 bits per heavy atom. The highest BCUT2D eigenvalue weighted by Gasteiger charge is 2.36. The molecule has 0 spiro atoms. The number of hydrogen-bond donors (Lipinski definition) is 1. The standard InChI is InChI=1S/C20H28O2/c1-7-14(2)9-8-10-15(3)11-12-17-16(4)19(22)18(21)13-20(17,5)6/h7-12,18,21H,13H2,1-6H3/b9-8+,12-11+,14-7+,15-10+/t18-/m0/s1. The summed E-state index contributed by atoms with van der Waals surface area (Å²) in [5, 5.41) is 9.84. The molecule has 0 fully saturated rings. The van der Waals surface area contributed by atoms with E-state index in [1.165, 1.54) is 5.57 Å². The highest BCUT2D eigenvalue weighted by atomic mass is 16.3. The largest absolute Gasteiger partial charge is 0.385 e. The van der Waals surface area contributed by atoms with E-state index in [1.807, 2.05) is 38.2 Å². The maximum atomic E-state index is 12.0. The first-order chi connectivity index (χ1) is 10.2. The molecule has 1 N–H and O–H groups in total. The van der Waals surface area contributed by atoms with E-state index in [1.54, 1.807) is 6.92 Å². The summed E-state index contributed by atoms with van der Waals surface area (Å²) >= 11 is 0. The number of Topliss-reactive ketones (excluding diaryl/α,β-unsaturated/α-hetero) is 1. The van der Waals surface area contributed by atoms with Gasteiger partial charge in [0, 0.05) is 0 Å². The summed E-state index contributed by atoms with van der Waals surface area (Å²) in [4.78, 5) is 12.0. The van der Waals surface area contributed by atoms with Crippen LogP contribution in [0.4, 0.5) is 0 Å². The fourth-order valence-corrected chi connectivity index (χ4v) is 2.65. The molecule has 0 amide bonds. The zero-order valence-electron chi connectivity index (χ0n) is 14.6. The summed E-state index contributed by atoms with van der Waals surface area (Å²) < 4.78 is 0. The lowest BCUT2D eigenvalue weighted by atomic mass is 9.71. The van der Waals surface area contributed by atoms with Gasteiger partial charge >= 0.3 is 0 Å². The number of rotatable bonds is 4. The zero-order chi connectivity index (χ0) is 16.9. The Kier molecular flexibility index (Phi) is 6.31. The molecule has 0 saturated heterocycles. The first kappa shape index (κ1) is 18.4. The summed E-state index contributed by atoms with van der Waals surface area (Å²) in [6.07, 6.45) is 11.9. The molecule has 0 heterocycles. The maximum absolute atomic E-state index is 12.0. The molecule has 1 aliphatic carbocycles. The van der Waals surface area contributed by atoms with Gasteiger partial charge in [-0.3, -0.25) is 4.79 Å². The number of carbonyl (C=O) groups is 1. The van der Waals surface area contributed by atoms with Crippen LogP contribution >= 0.6 is 0 Å². The van der Waals surface area contributed by atoms with Crippen LogP contribution in [-0.4, -0.2) is 17.0 Å². The summed E-state index contributed by atoms with van der Waals surface area (Å²) in [5.74, 6) is -0.149. The van der Waals surface area contributed by atoms with E-state index < -0.39 is 6.10 Å². The van der Waals surface area contributed by atoms with Crippen LogP contribution in [0, 0.1) is 5.41 Å². The molecule has 1 atom stereocenters. The van der Waals surface area contributed by atoms with Crippen molar-refractivity contribution in [2.24, 2.45) is 5.41 Å². The normalized spacial score (nSPS) is 24.0. The summed E-state index contributed by atoms with van der Waals surface area (Å²) in [7, 11) is 0. The van der Waals surface area contributed by atoms with Gasteiger partial charge in [0.15, 0.2) is 5.78 Å². The first-order valence-corrected chi connectivity index (χ1v) is 7.78. The van der Waals surface area contributed by atoms with E-state index in [2.05, 4.69) is 32.9 Å². The number of allylic oxidation sites excluding steroid dienone is 9. The minimum absolute atomic E-state index is 0.149. The molecule has 0 radical (unpaired) electrons. The van der Waals surface area contributed by atoms with Crippen molar-refractivity contribution in [3.63, 3.8) is 0 Å². The van der Waals surface area contributed by atoms with Crippen molar-refractivity contribution in [1.82, 2.24) is 0 Å². The molecule has 0 unspecified atom stereocenters. The second kappa shape index (κ2) is 7.55. The van der Waals surface area contributed by atoms with Gasteiger partial charge in [-0.15, -0.1) is 0 Å². The topological polar surface area (TPSA) is 37.3 Å². The Balaban J connectivity index is 2.99. The SMILES string of the molecule is C/C=C(C)/C=C/C=C(C)/C=C/C1=C(C)C(=O)[C@@H](O)CC1(C)C. The van der Waals surface area contributed by atoms with Crippen molar-refractivity contribution < 1.29 is 9.90 Å². The molecule has 0 saturated carbocycles. The van der Waals surface area contributed by atoms with Crippen molar-refractivity contribution in [3.05, 3.63) is 58.7 Å². The fourth-order valence-electron chi connectivity index (χ4n) is 2.65. The number of hydrogen-bond acceptors (Lipinski definition) is 2. The van der Waals surface area contributed by atoms with Crippen molar-refractivity contribution in [2.75, 3.05) is 0 Å². The Labute approximate surface area is 134 Å². The first-order valence-electron chi connectivity index (χ1n) is 7.78. The quantitative estimate of drug-likeness (QED) is 0.765. The average Bonchev–Trinajstić information content (AvgIpc) is 2.43. The molecule has 1 rings (SSSR count). The molecule has 0 aromatic carbocycles. The van der Waals surface area contributed by atoms with Gasteiger partial charge in [-0.2, -0.15) is 0 Å². The molecule has 2 nitrogen and oxygen atoms in total. The van der Waals surface area contributed by atoms with Crippen molar-refractivity contribution in [3.8, 4) is 0 Å². The van der Waals surface area contributed by atoms with Crippen molar-refractivity contribution in [1.29, 1.82) is 0 Å². The molecule has 1 aliphatic rings. The fraction of sp³-hybridized carbons (Fsp3) is 0.450. The van der Waals surface area contributed by atoms with E-state index in [4.69, 9.17) is 0 Å². The molecule has 0 aromatic rings. The average molecular weight is 300 g/mol. The lowest BCUT2D eigenvalue weighted by Gasteiger charge is -2.34. The lowest BCUT2D eigenvalue weighted by Crippen LogP contribution is -2.35. The highest BCUT2D eigenvalue weighted by molar-refractivity contribution is 6.00. The minimum atomic E-state index is -0.865. The van der Waals surface area contributed by atoms with Crippen LogP contribution < -0.4 is 0 Å². The molecule has 0 aliphatic heterocycles. The summed E-state index contributed by atoms with van der Waals surface area (Å²) in [5.41, 5.74) is 3.85. The van der Waals surface area contributed by atoms with Crippen LogP contribution in [0.5, 0.6) is 0 Å². The predicted octanol–water partition coefficient (Wildman–Crippen LogP) is 4.69. The van der Waals surface area contributed by atoms with Gasteiger partial charge in [-0.25, -0.2) is 0 Å². The van der Waals surface area contributed by atoms with Gasteiger partial charge < -0.3 is 5.11 Å². The van der Waals surface area contributed by atoms with Gasteiger partial charge in [-0.05, 0) is 50.7 Å². The van der Waals surface area contributed by atoms with E-state index in [-0.39, 0.29) is 11.2 Å². The molecule has 120 valence electrons. The Morgan fingerprint density at radius 2 is 1.86 bits per heavy atom. The summed E-state index contributed by atoms with van der Waals surface area (Å²) in [6, 6.07) is 0. The van der Waals surface area contributed by atoms with Crippen LogP contribution in [0.1, 0.15) is 48.0 Å². The van der Waals surface area contributed by atoms with Gasteiger partial charge in [0.25, 0.3) is 0 Å². The second-order valence-corrected chi connectivity index (χ2v) is 6.64. The van der Waals surface area contributed by atoms with E-state index in [0.717, 1.165) is 11.1 Å². The Hall–Kier alpha value is -1.67. The van der Waals surface area contributed by atoms with Gasteiger partial charge in [0.2, 0.25) is 0 Å². The zero-order valence-corrected chi connectivity index (χ0v) is 14.6. The minimum Gasteiger partial charge on any atom is -0.385 e. The predicted molar refractivity (Wildman–Crippen MR) is 93.6 cm³/mol. The van der Waals surface area contributed by atoms with Crippen molar-refractivity contribution in [2.45, 2.75) is 54.1 Å². The lowest BCUT2D eigenvalue weighted by molar-refractivity contribution is -0.125. The van der Waals surface area contributed by atoms with Crippen molar-refractivity contribution >= 4 is 5.78 Å². The van der Waals surface area contributed by atoms with Crippen LogP contribution in [0.3, 0.4) is 0 Å². The van der Waals surface area contributed by atoms with Crippen LogP contribution in [0.25, 0.3) is 0 Å². The second-order valence-electron chi connectivity index (χ2n) is 6.64. The van der Waals surface area contributed by atoms with Gasteiger partial charge in [0.05, 0.1) is 0 Å². The summed E-state index contributed by atoms with van der Waals surface area (Å²) in [6.45, 7) is 12.1. The Bertz CT molecular complexity index is 581. The highest BCUT2D eigenvalue weighted by Crippen LogP contribution is 2.39. The third-order valence-corrected chi connectivity index (χ3v) is 4.20. The van der Waals surface area contributed by atoms with E-state index in [9.17, 15) is 9.90 Å². The third-order valence-electron chi connectivity index (χ3n) is 4.20. The Morgan fingerprint density at radius 1 is 1.23 bits per heavy atom. The van der Waals surface area contributed by atoms with Crippen LogP contribution in [-0.2, 0) is 4.79 Å². The third kappa shape index (κ3) is 4.67. The van der Waals surface area contributed by atoms with Gasteiger partial charge in [0.1, 0.15) is 6.10 Å². The van der Waals surface area contributed by atoms with Crippen LogP contribution in [0.15, 0.2) is 58.7 Å². The number of aliphatic hydroxyl groups excluding tert-OH is 1. The number of carbonyl (C=O) groups excluding carboxylic acids is 1. The van der Waals surface area contributed by atoms with Gasteiger partial charge in [-0.1, -0.05) is 61.4 Å². The molecular weight excluding hydrogens is 272 g/mol.